The average molecular weight is 290 g/mol. The van der Waals surface area contributed by atoms with Crippen LogP contribution in [0.3, 0.4) is 0 Å². The van der Waals surface area contributed by atoms with Crippen molar-refractivity contribution in [1.29, 1.82) is 0 Å². The van der Waals surface area contributed by atoms with Gasteiger partial charge >= 0.3 is 0 Å². The third kappa shape index (κ3) is 2.43. The second-order valence-electron chi connectivity index (χ2n) is 6.30. The van der Waals surface area contributed by atoms with E-state index in [1.165, 1.54) is 0 Å². The molecule has 3 heterocycles. The van der Waals surface area contributed by atoms with E-state index in [0.717, 1.165) is 17.8 Å². The number of aryl methyl sites for hydroxylation is 1. The van der Waals surface area contributed by atoms with Gasteiger partial charge in [0.25, 0.3) is 0 Å². The van der Waals surface area contributed by atoms with Gasteiger partial charge in [-0.05, 0) is 13.8 Å². The Labute approximate surface area is 124 Å². The van der Waals surface area contributed by atoms with Crippen LogP contribution in [0.25, 0.3) is 0 Å². The van der Waals surface area contributed by atoms with E-state index >= 15 is 0 Å². The quantitative estimate of drug-likeness (QED) is 0.800. The highest BCUT2D eigenvalue weighted by molar-refractivity contribution is 5.89. The first kappa shape index (κ1) is 14.1. The maximum Gasteiger partial charge on any atom is 0.228 e. The van der Waals surface area contributed by atoms with Gasteiger partial charge in [-0.2, -0.15) is 0 Å². The van der Waals surface area contributed by atoms with Gasteiger partial charge in [0.05, 0.1) is 30.2 Å². The lowest BCUT2D eigenvalue weighted by Crippen LogP contribution is -2.41. The lowest BCUT2D eigenvalue weighted by Gasteiger charge is -2.29. The molecule has 1 aromatic rings. The molecular formula is C15H22N4O2. The fourth-order valence-corrected chi connectivity index (χ4v) is 3.26. The van der Waals surface area contributed by atoms with Crippen LogP contribution < -0.4 is 0 Å². The lowest BCUT2D eigenvalue weighted by atomic mass is 10.0. The maximum absolute atomic E-state index is 12.7. The number of aromatic nitrogens is 2. The Morgan fingerprint density at radius 2 is 2.19 bits per heavy atom. The molecule has 0 aliphatic carbocycles. The summed E-state index contributed by atoms with van der Waals surface area (Å²) in [6, 6.07) is 0.167. The molecule has 0 radical (unpaired) electrons. The average Bonchev–Trinajstić information content (AvgIpc) is 3.02. The zero-order valence-electron chi connectivity index (χ0n) is 12.9. The number of carbonyl (C=O) groups is 2. The normalized spacial score (nSPS) is 22.1. The highest BCUT2D eigenvalue weighted by Crippen LogP contribution is 2.25. The van der Waals surface area contributed by atoms with Gasteiger partial charge in [0.15, 0.2) is 0 Å². The molecule has 6 heteroatoms. The second kappa shape index (κ2) is 5.16. The molecule has 2 aliphatic rings. The van der Waals surface area contributed by atoms with Crippen molar-refractivity contribution in [3.63, 3.8) is 0 Å². The van der Waals surface area contributed by atoms with Crippen molar-refractivity contribution < 1.29 is 9.59 Å². The molecule has 1 saturated heterocycles. The highest BCUT2D eigenvalue weighted by atomic mass is 16.2. The molecule has 0 spiro atoms. The number of nitrogens with zero attached hydrogens (tertiary/aromatic N) is 4. The number of hydrogen-bond donors (Lipinski definition) is 0. The molecule has 1 aromatic heterocycles. The summed E-state index contributed by atoms with van der Waals surface area (Å²) >= 11 is 0. The smallest absolute Gasteiger partial charge is 0.228 e. The minimum atomic E-state index is -0.185. The van der Waals surface area contributed by atoms with Crippen LogP contribution in [0.5, 0.6) is 0 Å². The van der Waals surface area contributed by atoms with Gasteiger partial charge in [0.1, 0.15) is 0 Å². The van der Waals surface area contributed by atoms with E-state index in [-0.39, 0.29) is 23.8 Å². The van der Waals surface area contributed by atoms with Gasteiger partial charge < -0.3 is 14.4 Å². The Hall–Kier alpha value is -1.85. The van der Waals surface area contributed by atoms with Crippen LogP contribution in [-0.4, -0.2) is 50.3 Å². The Kier molecular flexibility index (Phi) is 3.47. The summed E-state index contributed by atoms with van der Waals surface area (Å²) in [5.74, 6) is 0.0228. The largest absolute Gasteiger partial charge is 0.339 e. The van der Waals surface area contributed by atoms with Crippen LogP contribution in [0.2, 0.25) is 0 Å². The van der Waals surface area contributed by atoms with Crippen LogP contribution in [0.15, 0.2) is 6.33 Å². The standard InChI is InChI=1S/C15H22N4O2/c1-10(2)19-7-11(6-14(19)20)15(21)18-5-4-12-13(8-18)17(3)9-16-12/h9-11H,4-8H2,1-3H3. The Bertz CT molecular complexity index is 578. The molecule has 0 aromatic carbocycles. The molecule has 1 fully saturated rings. The first-order chi connectivity index (χ1) is 9.97. The molecule has 6 nitrogen and oxygen atoms in total. The predicted octanol–water partition coefficient (Wildman–Crippen LogP) is 0.562. The number of fused-ring (bicyclic) bond motifs is 1. The minimum absolute atomic E-state index is 0.0987. The number of hydrogen-bond acceptors (Lipinski definition) is 3. The van der Waals surface area contributed by atoms with E-state index in [4.69, 9.17) is 0 Å². The molecule has 2 amide bonds. The zero-order chi connectivity index (χ0) is 15.1. The summed E-state index contributed by atoms with van der Waals surface area (Å²) in [7, 11) is 1.96. The SMILES string of the molecule is CC(C)N1CC(C(=O)N2CCc3ncn(C)c3C2)CC1=O. The lowest BCUT2D eigenvalue weighted by molar-refractivity contribution is -0.136. The van der Waals surface area contributed by atoms with Gasteiger partial charge in [-0.25, -0.2) is 4.98 Å². The van der Waals surface area contributed by atoms with Crippen molar-refractivity contribution in [3.8, 4) is 0 Å². The van der Waals surface area contributed by atoms with Gasteiger partial charge in [-0.15, -0.1) is 0 Å². The first-order valence-electron chi connectivity index (χ1n) is 7.54. The molecule has 0 bridgehead atoms. The molecule has 2 aliphatic heterocycles. The van der Waals surface area contributed by atoms with Crippen molar-refractivity contribution in [3.05, 3.63) is 17.7 Å². The van der Waals surface area contributed by atoms with Gasteiger partial charge in [-0.3, -0.25) is 9.59 Å². The Morgan fingerprint density at radius 3 is 2.86 bits per heavy atom. The van der Waals surface area contributed by atoms with E-state index in [2.05, 4.69) is 4.98 Å². The molecule has 3 rings (SSSR count). The van der Waals surface area contributed by atoms with E-state index in [9.17, 15) is 9.59 Å². The summed E-state index contributed by atoms with van der Waals surface area (Å²) in [5.41, 5.74) is 2.20. The summed E-state index contributed by atoms with van der Waals surface area (Å²) in [6.45, 7) is 5.86. The van der Waals surface area contributed by atoms with Crippen molar-refractivity contribution in [1.82, 2.24) is 19.4 Å². The molecule has 114 valence electrons. The first-order valence-corrected chi connectivity index (χ1v) is 7.54. The number of rotatable bonds is 2. The summed E-state index contributed by atoms with van der Waals surface area (Å²) in [6.07, 6.45) is 2.96. The minimum Gasteiger partial charge on any atom is -0.339 e. The monoisotopic (exact) mass is 290 g/mol. The molecule has 0 N–H and O–H groups in total. The van der Waals surface area contributed by atoms with Crippen LogP contribution >= 0.6 is 0 Å². The second-order valence-corrected chi connectivity index (χ2v) is 6.30. The molecule has 0 saturated carbocycles. The van der Waals surface area contributed by atoms with Gasteiger partial charge in [0, 0.05) is 39.0 Å². The van der Waals surface area contributed by atoms with Crippen molar-refractivity contribution >= 4 is 11.8 Å². The Morgan fingerprint density at radius 1 is 1.43 bits per heavy atom. The number of imidazole rings is 1. The molecular weight excluding hydrogens is 268 g/mol. The van der Waals surface area contributed by atoms with Crippen LogP contribution in [0, 0.1) is 5.92 Å². The topological polar surface area (TPSA) is 58.4 Å². The molecule has 21 heavy (non-hydrogen) atoms. The van der Waals surface area contributed by atoms with Gasteiger partial charge in [-0.1, -0.05) is 0 Å². The predicted molar refractivity (Wildman–Crippen MR) is 77.3 cm³/mol. The third-order valence-corrected chi connectivity index (χ3v) is 4.55. The van der Waals surface area contributed by atoms with E-state index in [1.807, 2.05) is 35.3 Å². The zero-order valence-corrected chi connectivity index (χ0v) is 12.9. The highest BCUT2D eigenvalue weighted by Gasteiger charge is 2.38. The third-order valence-electron chi connectivity index (χ3n) is 4.55. The van der Waals surface area contributed by atoms with E-state index in [1.54, 1.807) is 6.33 Å². The number of likely N-dealkylation sites (tertiary alicyclic amines) is 1. The van der Waals surface area contributed by atoms with E-state index < -0.39 is 0 Å². The van der Waals surface area contributed by atoms with Crippen molar-refractivity contribution in [2.75, 3.05) is 13.1 Å². The van der Waals surface area contributed by atoms with Gasteiger partial charge in [0.2, 0.25) is 11.8 Å². The fourth-order valence-electron chi connectivity index (χ4n) is 3.26. The summed E-state index contributed by atoms with van der Waals surface area (Å²) < 4.78 is 1.98. The van der Waals surface area contributed by atoms with Crippen molar-refractivity contribution in [2.24, 2.45) is 13.0 Å². The van der Waals surface area contributed by atoms with Crippen LogP contribution in [0.4, 0.5) is 0 Å². The maximum atomic E-state index is 12.7. The van der Waals surface area contributed by atoms with E-state index in [0.29, 0.717) is 26.1 Å². The van der Waals surface area contributed by atoms with Crippen LogP contribution in [0.1, 0.15) is 31.7 Å². The molecule has 1 unspecified atom stereocenters. The Balaban J connectivity index is 1.70. The van der Waals surface area contributed by atoms with Crippen LogP contribution in [-0.2, 0) is 29.6 Å². The van der Waals surface area contributed by atoms with Crippen molar-refractivity contribution in [2.45, 2.75) is 39.3 Å². The number of amides is 2. The summed E-state index contributed by atoms with van der Waals surface area (Å²) in [4.78, 5) is 32.7. The summed E-state index contributed by atoms with van der Waals surface area (Å²) in [5, 5.41) is 0. The molecule has 1 atom stereocenters. The number of carbonyl (C=O) groups excluding carboxylic acids is 2. The fraction of sp³-hybridized carbons (Fsp3) is 0.667.